The van der Waals surface area contributed by atoms with Crippen molar-refractivity contribution in [2.24, 2.45) is 0 Å². The highest BCUT2D eigenvalue weighted by Gasteiger charge is 2.27. The zero-order valence-corrected chi connectivity index (χ0v) is 48.6. The predicted molar refractivity (Wildman–Crippen MR) is 349 cm³/mol. The van der Waals surface area contributed by atoms with Crippen LogP contribution >= 0.6 is 46.1 Å². The molecule has 0 saturated carbocycles. The summed E-state index contributed by atoms with van der Waals surface area (Å²) >= 11 is 6.23. The summed E-state index contributed by atoms with van der Waals surface area (Å²) in [6.45, 7) is 4.58. The highest BCUT2D eigenvalue weighted by molar-refractivity contribution is 7.19. The minimum absolute atomic E-state index is 0.939. The van der Waals surface area contributed by atoms with Crippen LogP contribution in [0.2, 0.25) is 0 Å². The molecule has 4 aromatic heterocycles. The molecular weight excluding hydrogens is 1050 g/mol. The van der Waals surface area contributed by atoms with Crippen LogP contribution in [-0.4, -0.2) is 17.5 Å². The zero-order chi connectivity index (χ0) is 53.5. The molecule has 0 radical (unpaired) electrons. The van der Waals surface area contributed by atoms with Gasteiger partial charge in [-0.25, -0.2) is 0 Å². The molecule has 0 spiro atoms. The molecule has 0 aliphatic carbocycles. The van der Waals surface area contributed by atoms with Gasteiger partial charge in [-0.2, -0.15) is 17.5 Å². The largest absolute Gasteiger partial charge is 0.355 e. The number of hydrogen-bond acceptors (Lipinski definition) is 10. The van der Waals surface area contributed by atoms with Crippen LogP contribution in [0.1, 0.15) is 102 Å². The summed E-state index contributed by atoms with van der Waals surface area (Å²) in [5.74, 6) is 0. The van der Waals surface area contributed by atoms with Gasteiger partial charge in [-0.15, -0.1) is 22.7 Å². The second-order valence-corrected chi connectivity index (χ2v) is 25.0. The van der Waals surface area contributed by atoms with E-state index in [0.717, 1.165) is 68.8 Å². The Labute approximate surface area is 483 Å². The summed E-state index contributed by atoms with van der Waals surface area (Å²) in [4.78, 5) is 4.81. The minimum Gasteiger partial charge on any atom is -0.355 e. The van der Waals surface area contributed by atoms with Crippen LogP contribution in [0, 0.1) is 0 Å². The molecule has 0 atom stereocenters. The molecule has 80 heavy (non-hydrogen) atoms. The molecule has 14 aromatic rings. The Balaban J connectivity index is 0.977. The van der Waals surface area contributed by atoms with Gasteiger partial charge >= 0.3 is 0 Å². The van der Waals surface area contributed by atoms with Gasteiger partial charge in [-0.3, -0.25) is 0 Å². The Kier molecular flexibility index (Phi) is 14.2. The highest BCUT2D eigenvalue weighted by Crippen LogP contribution is 2.56. The fraction of sp³-hybridized carbons (Fsp3) is 0.229. The second kappa shape index (κ2) is 22.3. The quantitative estimate of drug-likeness (QED) is 0.0400. The first-order valence-electron chi connectivity index (χ1n) is 28.9. The van der Waals surface area contributed by atoms with Crippen molar-refractivity contribution in [3.05, 3.63) is 169 Å². The van der Waals surface area contributed by atoms with Gasteiger partial charge < -0.3 is 10.6 Å². The van der Waals surface area contributed by atoms with Crippen molar-refractivity contribution >= 4 is 145 Å². The first kappa shape index (κ1) is 50.9. The average molecular weight is 1120 g/mol. The number of benzene rings is 10. The maximum atomic E-state index is 4.76. The zero-order valence-electron chi connectivity index (χ0n) is 45.3. The van der Waals surface area contributed by atoms with Crippen LogP contribution in [0.5, 0.6) is 0 Å². The van der Waals surface area contributed by atoms with Gasteiger partial charge in [0.1, 0.15) is 22.1 Å². The lowest BCUT2D eigenvalue weighted by Gasteiger charge is -2.26. The Morgan fingerprint density at radius 1 is 0.338 bits per heavy atom. The van der Waals surface area contributed by atoms with Gasteiger partial charge in [0.2, 0.25) is 0 Å². The molecular formula is C70H62N6S4. The van der Waals surface area contributed by atoms with Crippen molar-refractivity contribution in [3.63, 3.8) is 0 Å². The van der Waals surface area contributed by atoms with Gasteiger partial charge in [0.05, 0.1) is 34.8 Å². The lowest BCUT2D eigenvalue weighted by molar-refractivity contribution is 0.607. The Bertz CT molecular complexity index is 4180. The molecule has 0 aliphatic rings. The monoisotopic (exact) mass is 1110 g/mol. The Morgan fingerprint density at radius 3 is 1.16 bits per heavy atom. The van der Waals surface area contributed by atoms with Crippen LogP contribution < -0.4 is 10.6 Å². The number of fused-ring (bicyclic) bond motifs is 2. The third kappa shape index (κ3) is 9.43. The van der Waals surface area contributed by atoms with Crippen LogP contribution in [0.25, 0.3) is 118 Å². The predicted octanol–water partition coefficient (Wildman–Crippen LogP) is 22.4. The summed E-state index contributed by atoms with van der Waals surface area (Å²) in [6, 6.07) is 59.4. The smallest absolute Gasteiger partial charge is 0.113 e. The number of hydrogen-bond donors (Lipinski definition) is 2. The van der Waals surface area contributed by atoms with Crippen LogP contribution in [0.15, 0.2) is 158 Å². The van der Waals surface area contributed by atoms with Gasteiger partial charge in [0.15, 0.2) is 0 Å². The Hall–Kier alpha value is -7.34. The van der Waals surface area contributed by atoms with Crippen molar-refractivity contribution in [2.75, 3.05) is 10.6 Å². The highest BCUT2D eigenvalue weighted by atomic mass is 32.1. The third-order valence-electron chi connectivity index (χ3n) is 16.6. The normalized spacial score (nSPS) is 12.1. The summed E-state index contributed by atoms with van der Waals surface area (Å²) < 4.78 is 18.7. The van der Waals surface area contributed by atoms with Crippen LogP contribution in [0.3, 0.4) is 0 Å². The molecule has 0 unspecified atom stereocenters. The fourth-order valence-electron chi connectivity index (χ4n) is 12.5. The first-order valence-corrected chi connectivity index (χ1v) is 32.0. The van der Waals surface area contributed by atoms with E-state index in [1.807, 2.05) is 22.7 Å². The van der Waals surface area contributed by atoms with Crippen molar-refractivity contribution in [1.29, 1.82) is 0 Å². The van der Waals surface area contributed by atoms with Crippen molar-refractivity contribution in [3.8, 4) is 41.8 Å². The van der Waals surface area contributed by atoms with Gasteiger partial charge in [0, 0.05) is 96.2 Å². The number of thiophene rings is 2. The summed E-state index contributed by atoms with van der Waals surface area (Å²) in [5.41, 5.74) is 15.7. The van der Waals surface area contributed by atoms with Gasteiger partial charge in [0.25, 0.3) is 0 Å². The molecule has 10 aromatic carbocycles. The van der Waals surface area contributed by atoms with E-state index >= 15 is 0 Å². The maximum absolute atomic E-state index is 4.76. The average Bonchev–Trinajstić information content (AvgIpc) is 4.45. The van der Waals surface area contributed by atoms with E-state index in [4.69, 9.17) is 8.75 Å². The molecule has 10 heteroatoms. The number of nitrogens with one attached hydrogen (secondary N) is 2. The Morgan fingerprint density at radius 2 is 0.725 bits per heavy atom. The lowest BCUT2D eigenvalue weighted by Crippen LogP contribution is -2.01. The molecule has 14 rings (SSSR count). The summed E-state index contributed by atoms with van der Waals surface area (Å²) in [7, 11) is 0. The minimum atomic E-state index is 0.939. The van der Waals surface area contributed by atoms with Crippen molar-refractivity contribution in [2.45, 2.75) is 104 Å². The number of aryl methyl sites for hydroxylation is 2. The molecule has 0 amide bonds. The SMILES string of the molecule is CCCCCCCCc1ccc(Nc2c3cccc4c(-c5ccc(-c6cccc7nsnc67)s5)cc5c(Nc6ccc(CCCCCCCC)cc6)c6cccc7c(-c8ccc(-c9cccc%10nsnc9%10)s8)cc2c(c76)c5c43)cc1. The van der Waals surface area contributed by atoms with E-state index in [2.05, 4.69) is 191 Å². The molecule has 0 fully saturated rings. The van der Waals surface area contributed by atoms with Crippen molar-refractivity contribution in [1.82, 2.24) is 17.5 Å². The second-order valence-electron chi connectivity index (χ2n) is 21.8. The molecule has 4 heterocycles. The number of unbranched alkanes of at least 4 members (excludes halogenated alkanes) is 10. The van der Waals surface area contributed by atoms with Crippen molar-refractivity contribution < 1.29 is 0 Å². The molecule has 6 nitrogen and oxygen atoms in total. The van der Waals surface area contributed by atoms with E-state index in [0.29, 0.717) is 0 Å². The number of nitrogens with zero attached hydrogens (tertiary/aromatic N) is 4. The third-order valence-corrected chi connectivity index (χ3v) is 20.0. The van der Waals surface area contributed by atoms with E-state index in [9.17, 15) is 0 Å². The molecule has 396 valence electrons. The van der Waals surface area contributed by atoms with E-state index in [1.165, 1.54) is 196 Å². The number of anilines is 4. The van der Waals surface area contributed by atoms with E-state index in [-0.39, 0.29) is 0 Å². The van der Waals surface area contributed by atoms with Gasteiger partial charge in [-0.1, -0.05) is 163 Å². The maximum Gasteiger partial charge on any atom is 0.113 e. The molecule has 0 saturated heterocycles. The van der Waals surface area contributed by atoms with E-state index in [1.54, 1.807) is 0 Å². The molecule has 0 aliphatic heterocycles. The van der Waals surface area contributed by atoms with Crippen LogP contribution in [-0.2, 0) is 12.8 Å². The summed E-state index contributed by atoms with van der Waals surface area (Å²) in [6.07, 6.45) is 17.8. The fourth-order valence-corrected chi connectivity index (χ4v) is 15.8. The first-order chi connectivity index (χ1) is 39.6. The number of rotatable bonds is 22. The molecule has 0 bridgehead atoms. The van der Waals surface area contributed by atoms with E-state index < -0.39 is 0 Å². The standard InChI is InChI=1S/C70H62N6S4/c1-3-5-7-9-11-13-19-43-29-33-45(34-30-43)71-67-51-25-15-21-47-54(62-40-38-60(78-62)50-24-18-28-58-70(50)76-80-74-58)42-56-66(63(47)51)65-55(67)41-53(61-39-37-59(77-61)49-23-17-27-57-69(49)75-79-73-57)48-22-16-26-52(64(48)65)68(56)72-46-35-31-44(32-36-46)20-14-12-10-8-6-4-2/h15-18,21-42,71-72H,3-14,19-20H2,1-2H3. The molecule has 2 N–H and O–H groups in total. The topological polar surface area (TPSA) is 75.6 Å². The number of aromatic nitrogens is 4. The lowest BCUT2D eigenvalue weighted by atomic mass is 9.82. The summed E-state index contributed by atoms with van der Waals surface area (Å²) in [5, 5.41) is 20.7. The van der Waals surface area contributed by atoms with Gasteiger partial charge in [-0.05, 0) is 120 Å². The van der Waals surface area contributed by atoms with Crippen LogP contribution in [0.4, 0.5) is 22.7 Å².